The summed E-state index contributed by atoms with van der Waals surface area (Å²) in [6.45, 7) is 8.47. The van der Waals surface area contributed by atoms with Crippen molar-refractivity contribution in [2.24, 2.45) is 0 Å². The number of halogens is 3. The molecule has 2 aliphatic rings. The third-order valence-electron chi connectivity index (χ3n) is 6.48. The van der Waals surface area contributed by atoms with Crippen molar-refractivity contribution in [3.63, 3.8) is 0 Å². The fourth-order valence-electron chi connectivity index (χ4n) is 4.64. The molecule has 0 bridgehead atoms. The van der Waals surface area contributed by atoms with Crippen molar-refractivity contribution >= 4 is 5.91 Å². The van der Waals surface area contributed by atoms with Crippen molar-refractivity contribution in [3.05, 3.63) is 64.6 Å². The van der Waals surface area contributed by atoms with E-state index >= 15 is 0 Å². The Bertz CT molecular complexity index is 973. The summed E-state index contributed by atoms with van der Waals surface area (Å²) in [4.78, 5) is 17.0. The Morgan fingerprint density at radius 1 is 1.19 bits per heavy atom. The summed E-state index contributed by atoms with van der Waals surface area (Å²) in [5.74, 6) is -0.341. The maximum atomic E-state index is 13.4. The van der Waals surface area contributed by atoms with Crippen LogP contribution in [0.5, 0.6) is 0 Å². The van der Waals surface area contributed by atoms with Gasteiger partial charge in [-0.15, -0.1) is 0 Å². The molecule has 1 fully saturated rings. The molecule has 31 heavy (non-hydrogen) atoms. The Labute approximate surface area is 179 Å². The fourth-order valence-corrected chi connectivity index (χ4v) is 4.64. The number of fused-ring (bicyclic) bond motifs is 1. The van der Waals surface area contributed by atoms with Gasteiger partial charge in [0.15, 0.2) is 5.69 Å². The number of allylic oxidation sites excluding steroid dienone is 1. The van der Waals surface area contributed by atoms with Crippen molar-refractivity contribution in [1.29, 1.82) is 0 Å². The van der Waals surface area contributed by atoms with Gasteiger partial charge in [-0.1, -0.05) is 31.7 Å². The number of carbonyl (C=O) groups is 1. The van der Waals surface area contributed by atoms with Gasteiger partial charge in [0.2, 0.25) is 0 Å². The smallest absolute Gasteiger partial charge is 0.369 e. The number of carbonyl (C=O) groups excluding carboxylic acids is 1. The number of amides is 1. The summed E-state index contributed by atoms with van der Waals surface area (Å²) in [5.41, 5.74) is 3.17. The Balaban J connectivity index is 1.44. The summed E-state index contributed by atoms with van der Waals surface area (Å²) in [7, 11) is 0. The molecule has 1 N–H and O–H groups in total. The van der Waals surface area contributed by atoms with Gasteiger partial charge in [0.05, 0.1) is 17.8 Å². The van der Waals surface area contributed by atoms with E-state index in [1.54, 1.807) is 17.0 Å². The standard InChI is InChI=1S/C23H27F3N4O/c1-3-15(2)30-13-10-18-20(14-30)27-28-21(18)22(31)29-11-8-16(9-12-29)17-6-4-5-7-19(17)23(24,25)26/h4-7,16H,2-3,8-14H2,1H3,(H,27,28). The first-order valence-corrected chi connectivity index (χ1v) is 10.7. The third-order valence-corrected chi connectivity index (χ3v) is 6.48. The molecule has 3 heterocycles. The molecule has 5 nitrogen and oxygen atoms in total. The van der Waals surface area contributed by atoms with E-state index in [0.29, 0.717) is 43.7 Å². The third kappa shape index (κ3) is 4.20. The van der Waals surface area contributed by atoms with Crippen LogP contribution in [0.2, 0.25) is 0 Å². The number of nitrogens with zero attached hydrogens (tertiary/aromatic N) is 3. The number of aromatic amines is 1. The van der Waals surface area contributed by atoms with E-state index in [1.807, 2.05) is 0 Å². The number of H-pyrrole nitrogens is 1. The normalized spacial score (nSPS) is 17.5. The number of alkyl halides is 3. The highest BCUT2D eigenvalue weighted by Gasteiger charge is 2.36. The maximum Gasteiger partial charge on any atom is 0.416 e. The molecule has 8 heteroatoms. The van der Waals surface area contributed by atoms with Gasteiger partial charge in [-0.3, -0.25) is 9.89 Å². The number of hydrogen-bond donors (Lipinski definition) is 1. The van der Waals surface area contributed by atoms with E-state index in [1.165, 1.54) is 6.07 Å². The van der Waals surface area contributed by atoms with Gasteiger partial charge >= 0.3 is 6.18 Å². The van der Waals surface area contributed by atoms with Crippen molar-refractivity contribution in [2.45, 2.75) is 51.2 Å². The largest absolute Gasteiger partial charge is 0.416 e. The number of nitrogens with one attached hydrogen (secondary N) is 1. The monoisotopic (exact) mass is 432 g/mol. The Kier molecular flexibility index (Phi) is 5.81. The first-order chi connectivity index (χ1) is 14.8. The average Bonchev–Trinajstić information content (AvgIpc) is 3.21. The van der Waals surface area contributed by atoms with E-state index in [2.05, 4.69) is 28.6 Å². The molecule has 166 valence electrons. The highest BCUT2D eigenvalue weighted by molar-refractivity contribution is 5.94. The molecule has 1 amide bonds. The van der Waals surface area contributed by atoms with E-state index in [0.717, 1.165) is 42.4 Å². The SMILES string of the molecule is C=C(CC)N1CCc2c(C(=O)N3CCC(c4ccccc4C(F)(F)F)CC3)n[nH]c2C1. The lowest BCUT2D eigenvalue weighted by Crippen LogP contribution is -2.39. The van der Waals surface area contributed by atoms with E-state index < -0.39 is 11.7 Å². The quantitative estimate of drug-likeness (QED) is 0.760. The van der Waals surface area contributed by atoms with E-state index in [-0.39, 0.29) is 11.8 Å². The van der Waals surface area contributed by atoms with Crippen molar-refractivity contribution in [1.82, 2.24) is 20.0 Å². The van der Waals surface area contributed by atoms with Gasteiger partial charge in [0.1, 0.15) is 0 Å². The predicted octanol–water partition coefficient (Wildman–Crippen LogP) is 4.73. The summed E-state index contributed by atoms with van der Waals surface area (Å²) >= 11 is 0. The first-order valence-electron chi connectivity index (χ1n) is 10.7. The molecule has 0 atom stereocenters. The number of rotatable bonds is 4. The Morgan fingerprint density at radius 2 is 1.90 bits per heavy atom. The second-order valence-corrected chi connectivity index (χ2v) is 8.27. The molecule has 0 aliphatic carbocycles. The molecule has 4 rings (SSSR count). The predicted molar refractivity (Wildman–Crippen MR) is 111 cm³/mol. The topological polar surface area (TPSA) is 52.2 Å². The summed E-state index contributed by atoms with van der Waals surface area (Å²) in [5, 5.41) is 7.30. The van der Waals surface area contributed by atoms with E-state index in [4.69, 9.17) is 0 Å². The van der Waals surface area contributed by atoms with Crippen LogP contribution in [0.1, 0.15) is 65.0 Å². The minimum Gasteiger partial charge on any atom is -0.369 e. The molecule has 0 saturated carbocycles. The number of likely N-dealkylation sites (tertiary alicyclic amines) is 1. The molecule has 2 aromatic rings. The van der Waals surface area contributed by atoms with Gasteiger partial charge in [-0.25, -0.2) is 0 Å². The second kappa shape index (κ2) is 8.40. The van der Waals surface area contributed by atoms with Crippen LogP contribution in [-0.2, 0) is 19.1 Å². The van der Waals surface area contributed by atoms with Crippen LogP contribution in [0.4, 0.5) is 13.2 Å². The number of hydrogen-bond acceptors (Lipinski definition) is 3. The van der Waals surface area contributed by atoms with Gasteiger partial charge in [-0.05, 0) is 43.2 Å². The molecule has 0 spiro atoms. The van der Waals surface area contributed by atoms with Crippen molar-refractivity contribution in [2.75, 3.05) is 19.6 Å². The van der Waals surface area contributed by atoms with Crippen LogP contribution in [0.25, 0.3) is 0 Å². The molecule has 1 aromatic carbocycles. The Hall–Kier alpha value is -2.77. The molecule has 0 unspecified atom stereocenters. The number of aromatic nitrogens is 2. The van der Waals surface area contributed by atoms with Gasteiger partial charge < -0.3 is 9.80 Å². The zero-order valence-corrected chi connectivity index (χ0v) is 17.6. The van der Waals surface area contributed by atoms with Crippen LogP contribution in [-0.4, -0.2) is 45.5 Å². The van der Waals surface area contributed by atoms with Crippen LogP contribution in [0.15, 0.2) is 36.5 Å². The molecule has 2 aliphatic heterocycles. The fraction of sp³-hybridized carbons (Fsp3) is 0.478. The van der Waals surface area contributed by atoms with Crippen molar-refractivity contribution in [3.8, 4) is 0 Å². The van der Waals surface area contributed by atoms with Crippen LogP contribution >= 0.6 is 0 Å². The number of piperidine rings is 1. The van der Waals surface area contributed by atoms with E-state index in [9.17, 15) is 18.0 Å². The molecule has 0 radical (unpaired) electrons. The molecule has 1 aromatic heterocycles. The summed E-state index contributed by atoms with van der Waals surface area (Å²) in [6.07, 6.45) is -1.75. The van der Waals surface area contributed by atoms with Gasteiger partial charge in [-0.2, -0.15) is 18.3 Å². The lowest BCUT2D eigenvalue weighted by molar-refractivity contribution is -0.138. The number of benzene rings is 1. The Morgan fingerprint density at radius 3 is 2.58 bits per heavy atom. The minimum atomic E-state index is -4.37. The summed E-state index contributed by atoms with van der Waals surface area (Å²) < 4.78 is 40.1. The molecule has 1 saturated heterocycles. The first kappa shape index (κ1) is 21.5. The zero-order chi connectivity index (χ0) is 22.2. The minimum absolute atomic E-state index is 0.136. The van der Waals surface area contributed by atoms with Gasteiger partial charge in [0.25, 0.3) is 5.91 Å². The highest BCUT2D eigenvalue weighted by Crippen LogP contribution is 2.39. The lowest BCUT2D eigenvalue weighted by Gasteiger charge is -2.33. The van der Waals surface area contributed by atoms with Gasteiger partial charge in [0, 0.05) is 30.9 Å². The van der Waals surface area contributed by atoms with Crippen molar-refractivity contribution < 1.29 is 18.0 Å². The summed E-state index contributed by atoms with van der Waals surface area (Å²) in [6, 6.07) is 5.77. The lowest BCUT2D eigenvalue weighted by atomic mass is 9.86. The van der Waals surface area contributed by atoms with Crippen LogP contribution < -0.4 is 0 Å². The second-order valence-electron chi connectivity index (χ2n) is 8.27. The zero-order valence-electron chi connectivity index (χ0n) is 17.6. The maximum absolute atomic E-state index is 13.4. The average molecular weight is 432 g/mol. The molecular formula is C23H27F3N4O. The highest BCUT2D eigenvalue weighted by atomic mass is 19.4. The van der Waals surface area contributed by atoms with Crippen LogP contribution in [0, 0.1) is 0 Å². The van der Waals surface area contributed by atoms with Crippen LogP contribution in [0.3, 0.4) is 0 Å². The molecular weight excluding hydrogens is 405 g/mol.